The van der Waals surface area contributed by atoms with Gasteiger partial charge in [0, 0.05) is 26.3 Å². The number of carbonyl (C=O) groups is 2. The quantitative estimate of drug-likeness (QED) is 0.160. The summed E-state index contributed by atoms with van der Waals surface area (Å²) < 4.78 is 178. The van der Waals surface area contributed by atoms with E-state index in [0.29, 0.717) is 67.9 Å². The topological polar surface area (TPSA) is 94.2 Å². The third-order valence-electron chi connectivity index (χ3n) is 8.68. The molecule has 0 aliphatic rings. The van der Waals surface area contributed by atoms with Crippen LogP contribution >= 0.6 is 31.9 Å². The minimum atomic E-state index is -4.99. The number of nitrogens with zero attached hydrogens (tertiary/aromatic N) is 1. The number of alkyl halides is 12. The van der Waals surface area contributed by atoms with Gasteiger partial charge in [-0.3, -0.25) is 10.2 Å². The van der Waals surface area contributed by atoms with Crippen LogP contribution in [0.4, 0.5) is 73.6 Å². The highest BCUT2D eigenvalue weighted by Gasteiger charge is 2.38. The second-order valence-electron chi connectivity index (χ2n) is 13.1. The number of anilines is 2. The number of ether oxygens (including phenoxy) is 2. The Morgan fingerprint density at radius 3 is 1.44 bits per heavy atom. The highest BCUT2D eigenvalue weighted by atomic mass is 79.9. The number of fused-ring (bicyclic) bond motifs is 2. The molecule has 8 nitrogen and oxygen atoms in total. The number of amides is 2. The fourth-order valence-electron chi connectivity index (χ4n) is 5.96. The normalized spacial score (nSPS) is 12.3. The first-order valence-corrected chi connectivity index (χ1v) is 19.1. The Morgan fingerprint density at radius 1 is 0.597 bits per heavy atom. The van der Waals surface area contributed by atoms with Crippen molar-refractivity contribution in [1.82, 2.24) is 0 Å². The number of rotatable bonds is 7. The van der Waals surface area contributed by atoms with E-state index in [1.54, 1.807) is 57.2 Å². The van der Waals surface area contributed by atoms with Crippen molar-refractivity contribution >= 4 is 77.4 Å². The smallest absolute Gasteiger partial charge is 0.416 e. The molecule has 332 valence electrons. The summed E-state index contributed by atoms with van der Waals surface area (Å²) in [7, 11) is 0. The Kier molecular flexibility index (Phi) is 14.0. The molecule has 4 aromatic carbocycles. The predicted molar refractivity (Wildman–Crippen MR) is 207 cm³/mol. The van der Waals surface area contributed by atoms with Gasteiger partial charge in [-0.05, 0) is 105 Å². The molecule has 0 aliphatic carbocycles. The van der Waals surface area contributed by atoms with Crippen molar-refractivity contribution in [3.8, 4) is 0 Å². The van der Waals surface area contributed by atoms with Crippen LogP contribution in [0.2, 0.25) is 0 Å². The van der Waals surface area contributed by atoms with E-state index in [9.17, 15) is 62.3 Å². The van der Waals surface area contributed by atoms with E-state index in [1.807, 2.05) is 0 Å². The van der Waals surface area contributed by atoms with Crippen molar-refractivity contribution in [2.75, 3.05) is 16.8 Å². The third-order valence-corrected chi connectivity index (χ3v) is 9.67. The summed E-state index contributed by atoms with van der Waals surface area (Å²) in [4.78, 5) is 26.0. The molecule has 0 unspecified atom stereocenters. The third kappa shape index (κ3) is 11.5. The Labute approximate surface area is 359 Å². The van der Waals surface area contributed by atoms with Crippen LogP contribution in [-0.4, -0.2) is 18.7 Å². The van der Waals surface area contributed by atoms with Gasteiger partial charge >= 0.3 is 36.9 Å². The molecule has 0 bridgehead atoms. The molecule has 6 aromatic rings. The lowest BCUT2D eigenvalue weighted by Crippen LogP contribution is -2.31. The van der Waals surface area contributed by atoms with Crippen LogP contribution in [0.25, 0.3) is 21.9 Å². The van der Waals surface area contributed by atoms with E-state index in [-0.39, 0.29) is 24.4 Å². The van der Waals surface area contributed by atoms with Crippen molar-refractivity contribution in [2.24, 2.45) is 0 Å². The van der Waals surface area contributed by atoms with E-state index in [0.717, 1.165) is 4.47 Å². The molecule has 0 fully saturated rings. The molecule has 0 saturated heterocycles. The van der Waals surface area contributed by atoms with Gasteiger partial charge in [-0.15, -0.1) is 0 Å². The van der Waals surface area contributed by atoms with Gasteiger partial charge < -0.3 is 18.3 Å². The number of nitrogens with one attached hydrogen (secondary N) is 1. The SMILES string of the molecule is CCN(C(=O)OCc1cc(C(F)(F)F)cc(C(F)(F)F)c1)c1c(C)oc2ccc(Br)cc12.Cc1oc2ccc(Br)cc2c1NC(=O)OCc1cc(C(F)(F)F)cc(C(F)(F)F)c1. The van der Waals surface area contributed by atoms with Crippen LogP contribution in [-0.2, 0) is 47.4 Å². The lowest BCUT2D eigenvalue weighted by atomic mass is 10.1. The van der Waals surface area contributed by atoms with Crippen LogP contribution in [0.1, 0.15) is 51.8 Å². The van der Waals surface area contributed by atoms with Crippen molar-refractivity contribution in [3.63, 3.8) is 0 Å². The van der Waals surface area contributed by atoms with Gasteiger partial charge in [-0.2, -0.15) is 52.7 Å². The number of hydrogen-bond acceptors (Lipinski definition) is 6. The van der Waals surface area contributed by atoms with Gasteiger partial charge in [0.25, 0.3) is 0 Å². The summed E-state index contributed by atoms with van der Waals surface area (Å²) in [6.07, 6.45) is -22.0. The fraction of sp³-hybridized carbons (Fsp3) is 0.250. The first-order valence-electron chi connectivity index (χ1n) is 17.5. The predicted octanol–water partition coefficient (Wildman–Crippen LogP) is 15.0. The summed E-state index contributed by atoms with van der Waals surface area (Å²) in [6, 6.07) is 12.3. The van der Waals surface area contributed by atoms with Crippen molar-refractivity contribution in [1.29, 1.82) is 0 Å². The van der Waals surface area contributed by atoms with Gasteiger partial charge in [-0.25, -0.2) is 9.59 Å². The Morgan fingerprint density at radius 2 is 1.00 bits per heavy atom. The summed E-state index contributed by atoms with van der Waals surface area (Å²) in [5.41, 5.74) is -5.18. The Bertz CT molecular complexity index is 2550. The average Bonchev–Trinajstić information content (AvgIpc) is 3.65. The van der Waals surface area contributed by atoms with E-state index >= 15 is 0 Å². The van der Waals surface area contributed by atoms with E-state index in [4.69, 9.17) is 18.3 Å². The standard InChI is InChI=1S/C21H16BrF6NO3.C19H12BrF6NO3/c1-3-29(18-11(2)32-17-5-4-15(22)9-16(17)18)19(30)31-10-12-6-13(20(23,24)25)8-14(7-12)21(26,27)28;1-9-16(14-7-13(20)2-3-15(14)30-9)27-17(28)29-8-10-4-11(18(21,22)23)6-12(5-10)19(24,25)26/h4-9H,3,10H2,1-2H3;2-7H,8H2,1H3,(H,27,28). The molecule has 2 heterocycles. The summed E-state index contributed by atoms with van der Waals surface area (Å²) in [5.74, 6) is 0.744. The minimum absolute atomic E-state index is 0.00238. The highest BCUT2D eigenvalue weighted by molar-refractivity contribution is 9.10. The average molecular weight is 1020 g/mol. The van der Waals surface area contributed by atoms with Gasteiger partial charge in [0.2, 0.25) is 0 Å². The van der Waals surface area contributed by atoms with Crippen LogP contribution < -0.4 is 10.2 Å². The molecule has 62 heavy (non-hydrogen) atoms. The van der Waals surface area contributed by atoms with E-state index in [1.165, 1.54) is 4.90 Å². The first kappa shape index (κ1) is 47.7. The zero-order valence-electron chi connectivity index (χ0n) is 31.7. The van der Waals surface area contributed by atoms with Crippen LogP contribution in [0.15, 0.2) is 90.6 Å². The molecule has 0 atom stereocenters. The second-order valence-corrected chi connectivity index (χ2v) is 15.0. The maximum absolute atomic E-state index is 13.0. The molecule has 6 rings (SSSR count). The van der Waals surface area contributed by atoms with Gasteiger partial charge in [0.15, 0.2) is 0 Å². The van der Waals surface area contributed by atoms with Gasteiger partial charge in [-0.1, -0.05) is 31.9 Å². The van der Waals surface area contributed by atoms with Gasteiger partial charge in [0.1, 0.15) is 35.9 Å². The van der Waals surface area contributed by atoms with E-state index in [2.05, 4.69) is 37.2 Å². The number of halogens is 14. The summed E-state index contributed by atoms with van der Waals surface area (Å²) in [6.45, 7) is 3.40. The van der Waals surface area contributed by atoms with Crippen LogP contribution in [0.5, 0.6) is 0 Å². The van der Waals surface area contributed by atoms with Crippen molar-refractivity contribution in [2.45, 2.75) is 58.7 Å². The molecule has 2 amide bonds. The van der Waals surface area contributed by atoms with Crippen LogP contribution in [0, 0.1) is 13.8 Å². The first-order chi connectivity index (χ1) is 28.6. The molecule has 1 N–H and O–H groups in total. The summed E-state index contributed by atoms with van der Waals surface area (Å²) in [5, 5.41) is 3.53. The second kappa shape index (κ2) is 18.1. The molecular weight excluding hydrogens is 992 g/mol. The maximum atomic E-state index is 13.0. The fourth-order valence-corrected chi connectivity index (χ4v) is 6.68. The zero-order valence-corrected chi connectivity index (χ0v) is 34.9. The maximum Gasteiger partial charge on any atom is 0.416 e. The number of carbonyl (C=O) groups excluding carboxylic acids is 2. The minimum Gasteiger partial charge on any atom is -0.459 e. The molecule has 0 saturated carbocycles. The molecule has 2 aromatic heterocycles. The van der Waals surface area contributed by atoms with Crippen molar-refractivity contribution < 1.29 is 80.6 Å². The zero-order chi connectivity index (χ0) is 46.1. The van der Waals surface area contributed by atoms with Crippen LogP contribution in [0.3, 0.4) is 0 Å². The lowest BCUT2D eigenvalue weighted by molar-refractivity contribution is -0.144. The summed E-state index contributed by atoms with van der Waals surface area (Å²) >= 11 is 6.61. The van der Waals surface area contributed by atoms with E-state index < -0.39 is 83.5 Å². The highest BCUT2D eigenvalue weighted by Crippen LogP contribution is 2.40. The molecule has 0 aliphatic heterocycles. The number of aryl methyl sites for hydroxylation is 2. The molecule has 0 spiro atoms. The largest absolute Gasteiger partial charge is 0.459 e. The van der Waals surface area contributed by atoms with Gasteiger partial charge in [0.05, 0.1) is 33.6 Å². The number of benzene rings is 4. The molecule has 0 radical (unpaired) electrons. The monoisotopic (exact) mass is 1020 g/mol. The van der Waals surface area contributed by atoms with Crippen molar-refractivity contribution in [3.05, 3.63) is 127 Å². The Hall–Kier alpha value is -5.38. The molecular formula is C40H28Br2F12N2O6. The number of furan rings is 2. The molecule has 22 heteroatoms. The lowest BCUT2D eigenvalue weighted by Gasteiger charge is -2.21. The Balaban J connectivity index is 0.000000235. The number of hydrogen-bond donors (Lipinski definition) is 1.